The van der Waals surface area contributed by atoms with Crippen LogP contribution in [-0.2, 0) is 19.6 Å². The molecular formula is C25H24FN3O4S. The summed E-state index contributed by atoms with van der Waals surface area (Å²) < 4.78 is 41.1. The van der Waals surface area contributed by atoms with Crippen LogP contribution in [0.5, 0.6) is 0 Å². The highest BCUT2D eigenvalue weighted by molar-refractivity contribution is 7.92. The average Bonchev–Trinajstić information content (AvgIpc) is 3.25. The van der Waals surface area contributed by atoms with Crippen molar-refractivity contribution >= 4 is 38.9 Å². The lowest BCUT2D eigenvalue weighted by atomic mass is 10.1. The van der Waals surface area contributed by atoms with E-state index in [0.717, 1.165) is 28.4 Å². The number of sulfonamides is 1. The largest absolute Gasteiger partial charge is 0.324 e. The van der Waals surface area contributed by atoms with Crippen molar-refractivity contribution in [2.75, 3.05) is 27.6 Å². The molecule has 1 N–H and O–H groups in total. The first-order chi connectivity index (χ1) is 16.3. The number of benzene rings is 3. The van der Waals surface area contributed by atoms with Gasteiger partial charge in [0, 0.05) is 24.3 Å². The van der Waals surface area contributed by atoms with Gasteiger partial charge in [0.2, 0.25) is 11.8 Å². The lowest BCUT2D eigenvalue weighted by Gasteiger charge is -2.24. The summed E-state index contributed by atoms with van der Waals surface area (Å²) in [5, 5.41) is 2.73. The third-order valence-corrected chi connectivity index (χ3v) is 7.38. The third kappa shape index (κ3) is 4.94. The quantitative estimate of drug-likeness (QED) is 0.551. The molecule has 1 saturated heterocycles. The minimum absolute atomic E-state index is 0.0114. The van der Waals surface area contributed by atoms with Gasteiger partial charge in [-0.1, -0.05) is 24.3 Å². The molecule has 1 aliphatic heterocycles. The maximum absolute atomic E-state index is 13.5. The predicted molar refractivity (Wildman–Crippen MR) is 129 cm³/mol. The molecule has 0 saturated carbocycles. The summed E-state index contributed by atoms with van der Waals surface area (Å²) in [6, 6.07) is 17.8. The number of halogens is 1. The second-order valence-corrected chi connectivity index (χ2v) is 9.86. The standard InChI is InChI=1S/C25H24FN3O4S/c1-18-9-12-20(16-23(18)28-15-5-8-25(28)31)27-24(30)17-29(21-13-10-19(26)11-14-21)34(32,33)22-6-3-2-4-7-22/h2-4,6-7,9-14,16H,5,8,15,17H2,1H3,(H,27,30). The van der Waals surface area contributed by atoms with Crippen LogP contribution >= 0.6 is 0 Å². The first-order valence-electron chi connectivity index (χ1n) is 10.8. The molecule has 0 atom stereocenters. The van der Waals surface area contributed by atoms with Crippen LogP contribution in [0, 0.1) is 12.7 Å². The average molecular weight is 482 g/mol. The van der Waals surface area contributed by atoms with E-state index in [0.29, 0.717) is 24.3 Å². The Morgan fingerprint density at radius 2 is 1.76 bits per heavy atom. The van der Waals surface area contributed by atoms with Crippen molar-refractivity contribution in [1.82, 2.24) is 0 Å². The second kappa shape index (κ2) is 9.64. The van der Waals surface area contributed by atoms with Crippen LogP contribution in [0.25, 0.3) is 0 Å². The highest BCUT2D eigenvalue weighted by atomic mass is 32.2. The van der Waals surface area contributed by atoms with Crippen LogP contribution in [0.15, 0.2) is 77.7 Å². The monoisotopic (exact) mass is 481 g/mol. The second-order valence-electron chi connectivity index (χ2n) is 8.00. The van der Waals surface area contributed by atoms with Gasteiger partial charge in [-0.2, -0.15) is 0 Å². The fourth-order valence-corrected chi connectivity index (χ4v) is 5.30. The summed E-state index contributed by atoms with van der Waals surface area (Å²) in [5.74, 6) is -1.07. The smallest absolute Gasteiger partial charge is 0.264 e. The van der Waals surface area contributed by atoms with E-state index in [1.54, 1.807) is 41.3 Å². The summed E-state index contributed by atoms with van der Waals surface area (Å²) in [6.07, 6.45) is 1.26. The molecule has 1 heterocycles. The molecule has 4 rings (SSSR count). The Kier molecular flexibility index (Phi) is 6.65. The van der Waals surface area contributed by atoms with Crippen molar-refractivity contribution in [2.24, 2.45) is 0 Å². The summed E-state index contributed by atoms with van der Waals surface area (Å²) in [5.41, 5.74) is 2.22. The molecule has 2 amide bonds. The van der Waals surface area contributed by atoms with Crippen molar-refractivity contribution in [3.63, 3.8) is 0 Å². The molecule has 0 spiro atoms. The van der Waals surface area contributed by atoms with Crippen molar-refractivity contribution in [2.45, 2.75) is 24.7 Å². The Morgan fingerprint density at radius 3 is 2.41 bits per heavy atom. The molecule has 1 fully saturated rings. The molecular weight excluding hydrogens is 457 g/mol. The van der Waals surface area contributed by atoms with E-state index in [-0.39, 0.29) is 16.5 Å². The number of nitrogens with one attached hydrogen (secondary N) is 1. The molecule has 0 aromatic heterocycles. The van der Waals surface area contributed by atoms with Gasteiger partial charge in [0.25, 0.3) is 10.0 Å². The molecule has 3 aromatic carbocycles. The Labute approximate surface area is 197 Å². The van der Waals surface area contributed by atoms with E-state index in [4.69, 9.17) is 0 Å². The van der Waals surface area contributed by atoms with Gasteiger partial charge >= 0.3 is 0 Å². The number of hydrogen-bond acceptors (Lipinski definition) is 4. The predicted octanol–water partition coefficient (Wildman–Crippen LogP) is 4.09. The highest BCUT2D eigenvalue weighted by Crippen LogP contribution is 2.29. The summed E-state index contributed by atoms with van der Waals surface area (Å²) in [7, 11) is -4.09. The number of hydrogen-bond donors (Lipinski definition) is 1. The topological polar surface area (TPSA) is 86.8 Å². The molecule has 7 nitrogen and oxygen atoms in total. The van der Waals surface area contributed by atoms with E-state index < -0.39 is 28.3 Å². The Balaban J connectivity index is 1.60. The molecule has 9 heteroatoms. The zero-order valence-corrected chi connectivity index (χ0v) is 19.4. The van der Waals surface area contributed by atoms with Crippen LogP contribution < -0.4 is 14.5 Å². The zero-order valence-electron chi connectivity index (χ0n) is 18.6. The van der Waals surface area contributed by atoms with Crippen LogP contribution in [0.2, 0.25) is 0 Å². The SMILES string of the molecule is Cc1ccc(NC(=O)CN(c2ccc(F)cc2)S(=O)(=O)c2ccccc2)cc1N1CCCC1=O. The number of carbonyl (C=O) groups is 2. The Hall–Kier alpha value is -3.72. The van der Waals surface area contributed by atoms with E-state index in [9.17, 15) is 22.4 Å². The first-order valence-corrected chi connectivity index (χ1v) is 12.2. The third-order valence-electron chi connectivity index (χ3n) is 5.59. The Bertz CT molecular complexity index is 1310. The van der Waals surface area contributed by atoms with E-state index in [1.807, 2.05) is 6.92 Å². The van der Waals surface area contributed by atoms with E-state index in [1.165, 1.54) is 24.3 Å². The lowest BCUT2D eigenvalue weighted by molar-refractivity contribution is -0.117. The maximum atomic E-state index is 13.5. The van der Waals surface area contributed by atoms with Crippen molar-refractivity contribution in [3.05, 3.63) is 84.2 Å². The van der Waals surface area contributed by atoms with Gasteiger partial charge in [0.05, 0.1) is 10.6 Å². The van der Waals surface area contributed by atoms with Crippen LogP contribution in [0.3, 0.4) is 0 Å². The van der Waals surface area contributed by atoms with Gasteiger partial charge in [-0.25, -0.2) is 12.8 Å². The number of carbonyl (C=O) groups excluding carboxylic acids is 2. The molecule has 176 valence electrons. The molecule has 0 unspecified atom stereocenters. The van der Waals surface area contributed by atoms with Crippen LogP contribution in [0.4, 0.5) is 21.5 Å². The zero-order chi connectivity index (χ0) is 24.3. The fraction of sp³-hybridized carbons (Fsp3) is 0.200. The maximum Gasteiger partial charge on any atom is 0.264 e. The van der Waals surface area contributed by atoms with Crippen molar-refractivity contribution in [1.29, 1.82) is 0 Å². The minimum Gasteiger partial charge on any atom is -0.324 e. The molecule has 1 aliphatic rings. The normalized spacial score (nSPS) is 13.7. The highest BCUT2D eigenvalue weighted by Gasteiger charge is 2.28. The molecule has 0 aliphatic carbocycles. The molecule has 34 heavy (non-hydrogen) atoms. The van der Waals surface area contributed by atoms with Gasteiger partial charge in [0.1, 0.15) is 12.4 Å². The molecule has 0 bridgehead atoms. The van der Waals surface area contributed by atoms with Gasteiger partial charge in [0.15, 0.2) is 0 Å². The number of nitrogens with zero attached hydrogens (tertiary/aromatic N) is 2. The van der Waals surface area contributed by atoms with Crippen molar-refractivity contribution in [3.8, 4) is 0 Å². The lowest BCUT2D eigenvalue weighted by Crippen LogP contribution is -2.38. The number of amides is 2. The van der Waals surface area contributed by atoms with Gasteiger partial charge in [-0.3, -0.25) is 13.9 Å². The summed E-state index contributed by atoms with van der Waals surface area (Å²) in [6.45, 7) is 1.98. The molecule has 3 aromatic rings. The van der Waals surface area contributed by atoms with E-state index in [2.05, 4.69) is 5.32 Å². The summed E-state index contributed by atoms with van der Waals surface area (Å²) in [4.78, 5) is 26.8. The van der Waals surface area contributed by atoms with Gasteiger partial charge in [-0.05, 0) is 67.4 Å². The number of rotatable bonds is 7. The number of anilines is 3. The minimum atomic E-state index is -4.09. The van der Waals surface area contributed by atoms with Gasteiger partial charge < -0.3 is 10.2 Å². The number of aryl methyl sites for hydroxylation is 1. The van der Waals surface area contributed by atoms with Crippen LogP contribution in [-0.4, -0.2) is 33.3 Å². The van der Waals surface area contributed by atoms with Gasteiger partial charge in [-0.15, -0.1) is 0 Å². The first kappa shape index (κ1) is 23.4. The Morgan fingerprint density at radius 1 is 1.06 bits per heavy atom. The van der Waals surface area contributed by atoms with Crippen molar-refractivity contribution < 1.29 is 22.4 Å². The molecule has 0 radical (unpaired) electrons. The van der Waals surface area contributed by atoms with Crippen LogP contribution in [0.1, 0.15) is 18.4 Å². The summed E-state index contributed by atoms with van der Waals surface area (Å²) >= 11 is 0. The fourth-order valence-electron chi connectivity index (χ4n) is 3.85. The van der Waals surface area contributed by atoms with E-state index >= 15 is 0 Å².